The molecule has 0 spiro atoms. The zero-order chi connectivity index (χ0) is 7.78. The van der Waals surface area contributed by atoms with Crippen LogP contribution >= 0.6 is 0 Å². The van der Waals surface area contributed by atoms with Crippen LogP contribution in [0.2, 0.25) is 0 Å². The number of hydrogen-bond donors (Lipinski definition) is 1. The van der Waals surface area contributed by atoms with Crippen LogP contribution in [-0.4, -0.2) is 9.78 Å². The number of rotatable bonds is 0. The molecule has 0 aromatic carbocycles. The molecule has 1 heterocycles. The number of aromatic amines is 1. The normalized spacial score (nSPS) is 11.9. The van der Waals surface area contributed by atoms with E-state index in [1.165, 1.54) is 0 Å². The maximum atomic E-state index is 11.6. The fraction of sp³-hybridized carbons (Fsp3) is 0.250. The molecule has 0 saturated heterocycles. The van der Waals surface area contributed by atoms with Crippen LogP contribution in [0.1, 0.15) is 0 Å². The van der Waals surface area contributed by atoms with Crippen molar-refractivity contribution in [2.24, 2.45) is 0 Å². The largest absolute Gasteiger partial charge is 0.502 e. The van der Waals surface area contributed by atoms with Gasteiger partial charge in [0.1, 0.15) is 0 Å². The highest BCUT2D eigenvalue weighted by Gasteiger charge is 2.30. The van der Waals surface area contributed by atoms with Crippen LogP contribution in [0.5, 0.6) is 0 Å². The molecular formula is C4H3F3N2O. The van der Waals surface area contributed by atoms with Crippen LogP contribution in [-0.2, 0) is 6.30 Å². The van der Waals surface area contributed by atoms with E-state index in [-0.39, 0.29) is 4.68 Å². The van der Waals surface area contributed by atoms with Crippen LogP contribution in [0.3, 0.4) is 0 Å². The van der Waals surface area contributed by atoms with Crippen molar-refractivity contribution in [3.63, 3.8) is 0 Å². The molecule has 56 valence electrons. The summed E-state index contributed by atoms with van der Waals surface area (Å²) in [5.74, 6) is 0. The first-order valence-electron chi connectivity index (χ1n) is 2.35. The minimum Gasteiger partial charge on any atom is -0.268 e. The summed E-state index contributed by atoms with van der Waals surface area (Å²) in [7, 11) is 0. The van der Waals surface area contributed by atoms with Gasteiger partial charge in [-0.1, -0.05) is 0 Å². The van der Waals surface area contributed by atoms with Crippen molar-refractivity contribution in [1.29, 1.82) is 0 Å². The van der Waals surface area contributed by atoms with E-state index in [1.807, 2.05) is 0 Å². The van der Waals surface area contributed by atoms with E-state index < -0.39 is 11.9 Å². The second-order valence-electron chi connectivity index (χ2n) is 1.63. The lowest BCUT2D eigenvalue weighted by atomic mass is 10.7. The molecule has 0 bridgehead atoms. The predicted molar refractivity (Wildman–Crippen MR) is 26.4 cm³/mol. The van der Waals surface area contributed by atoms with Gasteiger partial charge in [0.15, 0.2) is 0 Å². The van der Waals surface area contributed by atoms with Gasteiger partial charge in [-0.25, -0.2) is 0 Å². The maximum Gasteiger partial charge on any atom is 0.502 e. The zero-order valence-corrected chi connectivity index (χ0v) is 4.64. The van der Waals surface area contributed by atoms with E-state index in [0.717, 1.165) is 6.07 Å². The van der Waals surface area contributed by atoms with Crippen molar-refractivity contribution >= 4 is 0 Å². The highest BCUT2D eigenvalue weighted by molar-refractivity contribution is 4.80. The van der Waals surface area contributed by atoms with Gasteiger partial charge in [0.05, 0.1) is 0 Å². The first kappa shape index (κ1) is 6.91. The molecule has 0 saturated carbocycles. The molecule has 0 atom stereocenters. The monoisotopic (exact) mass is 152 g/mol. The topological polar surface area (TPSA) is 37.8 Å². The standard InChI is InChI=1S/C4H3F3N2O/c5-4(6,7)9-2-1-3(10)8-9/h1-2H,(H,8,10). The molecule has 0 aliphatic heterocycles. The smallest absolute Gasteiger partial charge is 0.268 e. The van der Waals surface area contributed by atoms with E-state index in [4.69, 9.17) is 0 Å². The Labute approximate surface area is 53.1 Å². The number of alkyl halides is 3. The summed E-state index contributed by atoms with van der Waals surface area (Å²) in [6.45, 7) is 0. The SMILES string of the molecule is O=c1ccn(C(F)(F)F)[nH]1. The van der Waals surface area contributed by atoms with Gasteiger partial charge in [-0.15, -0.1) is 13.2 Å². The van der Waals surface area contributed by atoms with Crippen LogP contribution in [0.15, 0.2) is 17.1 Å². The Morgan fingerprint density at radius 3 is 2.30 bits per heavy atom. The lowest BCUT2D eigenvalue weighted by Gasteiger charge is -2.04. The molecule has 0 aliphatic carbocycles. The van der Waals surface area contributed by atoms with Gasteiger partial charge in [0, 0.05) is 12.3 Å². The zero-order valence-electron chi connectivity index (χ0n) is 4.64. The fourth-order valence-electron chi connectivity index (χ4n) is 0.483. The van der Waals surface area contributed by atoms with E-state index in [0.29, 0.717) is 6.20 Å². The number of aromatic nitrogens is 2. The van der Waals surface area contributed by atoms with Gasteiger partial charge in [-0.05, 0) is 0 Å². The third-order valence-electron chi connectivity index (χ3n) is 0.879. The minimum atomic E-state index is -4.53. The second kappa shape index (κ2) is 1.89. The Balaban J connectivity index is 3.07. The van der Waals surface area contributed by atoms with Gasteiger partial charge in [-0.3, -0.25) is 9.89 Å². The quantitative estimate of drug-likeness (QED) is 0.582. The van der Waals surface area contributed by atoms with E-state index >= 15 is 0 Å². The number of nitrogens with zero attached hydrogens (tertiary/aromatic N) is 1. The highest BCUT2D eigenvalue weighted by Crippen LogP contribution is 2.18. The Bertz CT molecular complexity index is 271. The van der Waals surface area contributed by atoms with E-state index in [1.54, 1.807) is 5.10 Å². The van der Waals surface area contributed by atoms with Crippen molar-refractivity contribution < 1.29 is 13.2 Å². The van der Waals surface area contributed by atoms with Crippen molar-refractivity contribution in [3.8, 4) is 0 Å². The lowest BCUT2D eigenvalue weighted by Crippen LogP contribution is -2.19. The molecule has 0 amide bonds. The first-order valence-corrected chi connectivity index (χ1v) is 2.35. The molecule has 0 radical (unpaired) electrons. The third-order valence-corrected chi connectivity index (χ3v) is 0.879. The average Bonchev–Trinajstić information content (AvgIpc) is 2.11. The van der Waals surface area contributed by atoms with Crippen molar-refractivity contribution in [1.82, 2.24) is 9.78 Å². The molecule has 1 rings (SSSR count). The summed E-state index contributed by atoms with van der Waals surface area (Å²) < 4.78 is 34.6. The first-order chi connectivity index (χ1) is 4.50. The molecule has 3 nitrogen and oxygen atoms in total. The Hall–Kier alpha value is -1.20. The lowest BCUT2D eigenvalue weighted by molar-refractivity contribution is -0.212. The Morgan fingerprint density at radius 2 is 2.10 bits per heavy atom. The molecule has 1 N–H and O–H groups in total. The van der Waals surface area contributed by atoms with Crippen LogP contribution < -0.4 is 5.56 Å². The number of nitrogens with one attached hydrogen (secondary N) is 1. The molecule has 6 heteroatoms. The van der Waals surface area contributed by atoms with Crippen molar-refractivity contribution in [2.45, 2.75) is 6.30 Å². The van der Waals surface area contributed by atoms with Gasteiger partial charge < -0.3 is 0 Å². The molecular weight excluding hydrogens is 149 g/mol. The molecule has 0 aliphatic rings. The van der Waals surface area contributed by atoms with E-state index in [2.05, 4.69) is 0 Å². The second-order valence-corrected chi connectivity index (χ2v) is 1.63. The molecule has 1 aromatic heterocycles. The number of halogens is 3. The summed E-state index contributed by atoms with van der Waals surface area (Å²) in [5, 5.41) is 1.55. The summed E-state index contributed by atoms with van der Waals surface area (Å²) >= 11 is 0. The van der Waals surface area contributed by atoms with Gasteiger partial charge in [-0.2, -0.15) is 4.68 Å². The minimum absolute atomic E-state index is 0.213. The summed E-state index contributed by atoms with van der Waals surface area (Å²) in [5.41, 5.74) is -0.766. The fourth-order valence-corrected chi connectivity index (χ4v) is 0.483. The summed E-state index contributed by atoms with van der Waals surface area (Å²) in [6.07, 6.45) is -3.90. The highest BCUT2D eigenvalue weighted by atomic mass is 19.4. The molecule has 0 fully saturated rings. The average molecular weight is 152 g/mol. The number of H-pyrrole nitrogens is 1. The van der Waals surface area contributed by atoms with Crippen molar-refractivity contribution in [3.05, 3.63) is 22.6 Å². The predicted octanol–water partition coefficient (Wildman–Crippen LogP) is 0.653. The summed E-state index contributed by atoms with van der Waals surface area (Å²) in [4.78, 5) is 10.2. The van der Waals surface area contributed by atoms with Gasteiger partial charge in [0.25, 0.3) is 5.56 Å². The van der Waals surface area contributed by atoms with E-state index in [9.17, 15) is 18.0 Å². The van der Waals surface area contributed by atoms with Crippen LogP contribution in [0.4, 0.5) is 13.2 Å². The number of hydrogen-bond acceptors (Lipinski definition) is 1. The molecule has 1 aromatic rings. The van der Waals surface area contributed by atoms with Gasteiger partial charge >= 0.3 is 6.30 Å². The maximum absolute atomic E-state index is 11.6. The Kier molecular flexibility index (Phi) is 1.31. The molecule has 10 heavy (non-hydrogen) atoms. The van der Waals surface area contributed by atoms with Gasteiger partial charge in [0.2, 0.25) is 0 Å². The van der Waals surface area contributed by atoms with Crippen LogP contribution in [0, 0.1) is 0 Å². The molecule has 0 unspecified atom stereocenters. The third kappa shape index (κ3) is 1.20. The van der Waals surface area contributed by atoms with Crippen molar-refractivity contribution in [2.75, 3.05) is 0 Å². The summed E-state index contributed by atoms with van der Waals surface area (Å²) in [6, 6.07) is 0.799. The Morgan fingerprint density at radius 1 is 1.50 bits per heavy atom. The van der Waals surface area contributed by atoms with Crippen LogP contribution in [0.25, 0.3) is 0 Å².